The molecule has 0 bridgehead atoms. The Kier molecular flexibility index (Phi) is 7.94. The second kappa shape index (κ2) is 11.3. The molecular formula is C25H23BrN4O4S. The fraction of sp³-hybridized carbons (Fsp3) is 0.200. The van der Waals surface area contributed by atoms with Crippen LogP contribution in [-0.4, -0.2) is 39.3 Å². The third-order valence-corrected chi connectivity index (χ3v) is 6.31. The average Bonchev–Trinajstić information content (AvgIpc) is 3.45. The van der Waals surface area contributed by atoms with Gasteiger partial charge in [-0.2, -0.15) is 4.99 Å². The number of benzene rings is 2. The van der Waals surface area contributed by atoms with Gasteiger partial charge in [-0.25, -0.2) is 9.78 Å². The summed E-state index contributed by atoms with van der Waals surface area (Å²) in [6.07, 6.45) is 1.40. The Balaban J connectivity index is 1.88. The standard InChI is InChI=1S/C25H23BrN4O4S/c1-3-33-21(31)14-29-16-27-23(22(29)24(32)34-4-2)28-25-30(19-8-6-5-7-9-19)20(15-35-25)17-10-12-18(26)13-11-17/h5-13,15-16H,3-4,14H2,1-2H3. The number of carbonyl (C=O) groups excluding carboxylic acids is 2. The third kappa shape index (κ3) is 5.60. The third-order valence-electron chi connectivity index (χ3n) is 4.96. The molecule has 8 nitrogen and oxygen atoms in total. The first-order valence-electron chi connectivity index (χ1n) is 11.0. The number of aromatic nitrogens is 3. The lowest BCUT2D eigenvalue weighted by atomic mass is 10.1. The van der Waals surface area contributed by atoms with Crippen LogP contribution in [0.25, 0.3) is 16.9 Å². The van der Waals surface area contributed by atoms with Gasteiger partial charge in [0.2, 0.25) is 0 Å². The van der Waals surface area contributed by atoms with Crippen LogP contribution in [0.1, 0.15) is 24.3 Å². The molecule has 10 heteroatoms. The summed E-state index contributed by atoms with van der Waals surface area (Å²) in [6, 6.07) is 17.8. The molecule has 0 aliphatic heterocycles. The van der Waals surface area contributed by atoms with Crippen LogP contribution in [0.2, 0.25) is 0 Å². The summed E-state index contributed by atoms with van der Waals surface area (Å²) in [5.41, 5.74) is 2.96. The minimum absolute atomic E-state index is 0.0955. The second-order valence-corrected chi connectivity index (χ2v) is 9.02. The smallest absolute Gasteiger partial charge is 0.358 e. The number of esters is 2. The minimum Gasteiger partial charge on any atom is -0.465 e. The van der Waals surface area contributed by atoms with E-state index in [0.29, 0.717) is 4.80 Å². The van der Waals surface area contributed by atoms with Crippen molar-refractivity contribution in [2.45, 2.75) is 20.4 Å². The van der Waals surface area contributed by atoms with E-state index < -0.39 is 11.9 Å². The lowest BCUT2D eigenvalue weighted by Crippen LogP contribution is -2.19. The molecule has 0 N–H and O–H groups in total. The summed E-state index contributed by atoms with van der Waals surface area (Å²) in [5, 5.41) is 2.01. The highest BCUT2D eigenvalue weighted by Gasteiger charge is 2.22. The normalized spacial score (nSPS) is 11.5. The molecule has 4 aromatic rings. The number of hydrogen-bond acceptors (Lipinski definition) is 7. The van der Waals surface area contributed by atoms with Crippen LogP contribution in [0.4, 0.5) is 5.82 Å². The zero-order valence-electron chi connectivity index (χ0n) is 19.2. The Morgan fingerprint density at radius 3 is 2.43 bits per heavy atom. The summed E-state index contributed by atoms with van der Waals surface area (Å²) in [6.45, 7) is 3.69. The lowest BCUT2D eigenvalue weighted by Gasteiger charge is -2.10. The number of nitrogens with zero attached hydrogens (tertiary/aromatic N) is 4. The van der Waals surface area contributed by atoms with Gasteiger partial charge in [-0.1, -0.05) is 46.3 Å². The van der Waals surface area contributed by atoms with E-state index in [2.05, 4.69) is 20.9 Å². The second-order valence-electron chi connectivity index (χ2n) is 7.26. The predicted octanol–water partition coefficient (Wildman–Crippen LogP) is 5.14. The fourth-order valence-corrected chi connectivity index (χ4v) is 4.63. The van der Waals surface area contributed by atoms with Crippen molar-refractivity contribution in [3.05, 3.63) is 81.3 Å². The van der Waals surface area contributed by atoms with Crippen molar-refractivity contribution >= 4 is 45.0 Å². The van der Waals surface area contributed by atoms with Gasteiger partial charge in [0.05, 0.1) is 25.2 Å². The Morgan fingerprint density at radius 1 is 1.03 bits per heavy atom. The number of thiazole rings is 1. The summed E-state index contributed by atoms with van der Waals surface area (Å²) in [7, 11) is 0. The van der Waals surface area contributed by atoms with E-state index >= 15 is 0 Å². The molecule has 0 atom stereocenters. The zero-order valence-corrected chi connectivity index (χ0v) is 21.6. The Morgan fingerprint density at radius 2 is 1.74 bits per heavy atom. The zero-order chi connectivity index (χ0) is 24.8. The van der Waals surface area contributed by atoms with E-state index in [1.807, 2.05) is 64.5 Å². The molecule has 0 spiro atoms. The quantitative estimate of drug-likeness (QED) is 0.281. The molecule has 35 heavy (non-hydrogen) atoms. The largest absolute Gasteiger partial charge is 0.465 e. The first-order valence-corrected chi connectivity index (χ1v) is 12.6. The van der Waals surface area contributed by atoms with Crippen LogP contribution in [-0.2, 0) is 20.8 Å². The van der Waals surface area contributed by atoms with Crippen molar-refractivity contribution in [2.75, 3.05) is 13.2 Å². The minimum atomic E-state index is -0.607. The van der Waals surface area contributed by atoms with E-state index in [1.165, 1.54) is 22.2 Å². The van der Waals surface area contributed by atoms with Crippen molar-refractivity contribution in [1.82, 2.24) is 14.1 Å². The topological polar surface area (TPSA) is 87.7 Å². The molecule has 2 heterocycles. The van der Waals surface area contributed by atoms with Gasteiger partial charge in [-0.15, -0.1) is 11.3 Å². The van der Waals surface area contributed by atoms with Crippen LogP contribution in [0.3, 0.4) is 0 Å². The molecule has 0 saturated heterocycles. The highest BCUT2D eigenvalue weighted by molar-refractivity contribution is 9.10. The molecule has 0 aliphatic rings. The summed E-state index contributed by atoms with van der Waals surface area (Å²) < 4.78 is 14.7. The van der Waals surface area contributed by atoms with Crippen LogP contribution >= 0.6 is 27.3 Å². The molecule has 0 unspecified atom stereocenters. The summed E-state index contributed by atoms with van der Waals surface area (Å²) in [4.78, 5) is 34.6. The number of para-hydroxylation sites is 1. The molecule has 0 radical (unpaired) electrons. The van der Waals surface area contributed by atoms with Gasteiger partial charge in [-0.3, -0.25) is 9.36 Å². The molecule has 4 rings (SSSR count). The number of hydrogen-bond donors (Lipinski definition) is 0. The molecular weight excluding hydrogens is 532 g/mol. The van der Waals surface area contributed by atoms with E-state index in [-0.39, 0.29) is 31.3 Å². The van der Waals surface area contributed by atoms with Crippen LogP contribution in [0.5, 0.6) is 0 Å². The first kappa shape index (κ1) is 24.6. The van der Waals surface area contributed by atoms with Crippen molar-refractivity contribution in [1.29, 1.82) is 0 Å². The molecule has 0 fully saturated rings. The van der Waals surface area contributed by atoms with Crippen molar-refractivity contribution in [3.63, 3.8) is 0 Å². The van der Waals surface area contributed by atoms with E-state index in [9.17, 15) is 9.59 Å². The van der Waals surface area contributed by atoms with Crippen LogP contribution in [0, 0.1) is 0 Å². The molecule has 2 aromatic heterocycles. The number of imidazole rings is 1. The van der Waals surface area contributed by atoms with Crippen molar-refractivity contribution in [3.8, 4) is 16.9 Å². The van der Waals surface area contributed by atoms with Gasteiger partial charge in [0.1, 0.15) is 6.54 Å². The fourth-order valence-electron chi connectivity index (χ4n) is 3.46. The van der Waals surface area contributed by atoms with Crippen LogP contribution in [0.15, 0.2) is 75.8 Å². The first-order chi connectivity index (χ1) is 17.0. The number of rotatable bonds is 8. The average molecular weight is 555 g/mol. The Labute approximate surface area is 214 Å². The molecule has 0 saturated carbocycles. The number of halogens is 1. The Bertz CT molecular complexity index is 1390. The van der Waals surface area contributed by atoms with Gasteiger partial charge in [-0.05, 0) is 43.7 Å². The van der Waals surface area contributed by atoms with Crippen molar-refractivity contribution in [2.24, 2.45) is 4.99 Å². The number of carbonyl (C=O) groups is 2. The SMILES string of the molecule is CCOC(=O)Cn1cnc(N=c2scc(-c3ccc(Br)cc3)n2-c2ccccc2)c1C(=O)OCC. The maximum Gasteiger partial charge on any atom is 0.358 e. The van der Waals surface area contributed by atoms with Gasteiger partial charge in [0, 0.05) is 15.5 Å². The maximum absolute atomic E-state index is 12.8. The van der Waals surface area contributed by atoms with Crippen molar-refractivity contribution < 1.29 is 19.1 Å². The monoisotopic (exact) mass is 554 g/mol. The lowest BCUT2D eigenvalue weighted by molar-refractivity contribution is -0.143. The predicted molar refractivity (Wildman–Crippen MR) is 137 cm³/mol. The van der Waals surface area contributed by atoms with Gasteiger partial charge >= 0.3 is 11.9 Å². The molecule has 0 amide bonds. The van der Waals surface area contributed by atoms with E-state index in [0.717, 1.165) is 21.4 Å². The number of ether oxygens (including phenoxy) is 2. The van der Waals surface area contributed by atoms with Gasteiger partial charge < -0.3 is 14.0 Å². The Hall–Kier alpha value is -3.50. The van der Waals surface area contributed by atoms with E-state index in [1.54, 1.807) is 13.8 Å². The highest BCUT2D eigenvalue weighted by atomic mass is 79.9. The van der Waals surface area contributed by atoms with Crippen LogP contribution < -0.4 is 4.80 Å². The van der Waals surface area contributed by atoms with Gasteiger partial charge in [0.15, 0.2) is 16.3 Å². The highest BCUT2D eigenvalue weighted by Crippen LogP contribution is 2.26. The summed E-state index contributed by atoms with van der Waals surface area (Å²) >= 11 is 4.91. The molecule has 0 aliphatic carbocycles. The molecule has 2 aromatic carbocycles. The van der Waals surface area contributed by atoms with E-state index in [4.69, 9.17) is 14.5 Å². The molecule has 180 valence electrons. The summed E-state index contributed by atoms with van der Waals surface area (Å²) in [5.74, 6) is -0.916. The van der Waals surface area contributed by atoms with Gasteiger partial charge in [0.25, 0.3) is 0 Å². The maximum atomic E-state index is 12.8.